The van der Waals surface area contributed by atoms with Crippen LogP contribution in [-0.4, -0.2) is 18.6 Å². The van der Waals surface area contributed by atoms with Gasteiger partial charge in [-0.15, -0.1) is 0 Å². The molecule has 0 aromatic heterocycles. The average molecular weight is 447 g/mol. The number of nitriles is 1. The van der Waals surface area contributed by atoms with Crippen molar-refractivity contribution >= 4 is 35.2 Å². The molecule has 0 spiro atoms. The van der Waals surface area contributed by atoms with E-state index in [0.29, 0.717) is 33.7 Å². The number of nitrogens with one attached hydrogen (secondary N) is 1. The van der Waals surface area contributed by atoms with Crippen LogP contribution in [0.4, 0.5) is 0 Å². The molecule has 158 valence electrons. The Morgan fingerprint density at radius 2 is 1.90 bits per heavy atom. The standard InChI is InChI=1S/C23H24Cl2N2O3/c1-4-15(3)27-23(28)18(13-26)10-16-7-9-21(22(12-16)29-5-2)30-14-17-6-8-19(24)20(25)11-17/h6-12,15H,4-5,14H2,1-3H3,(H,27,28)/b18-10+/t15-/m0/s1. The Bertz CT molecular complexity index is 967. The summed E-state index contributed by atoms with van der Waals surface area (Å²) in [4.78, 5) is 12.3. The number of hydrogen-bond donors (Lipinski definition) is 1. The fourth-order valence-electron chi connectivity index (χ4n) is 2.51. The minimum atomic E-state index is -0.398. The summed E-state index contributed by atoms with van der Waals surface area (Å²) in [5.74, 6) is 0.665. The van der Waals surface area contributed by atoms with E-state index in [1.807, 2.05) is 32.9 Å². The van der Waals surface area contributed by atoms with Crippen LogP contribution in [0.5, 0.6) is 11.5 Å². The van der Waals surface area contributed by atoms with E-state index in [1.165, 1.54) is 6.08 Å². The number of ether oxygens (including phenoxy) is 2. The number of nitrogens with zero attached hydrogens (tertiary/aromatic N) is 1. The molecule has 1 amide bonds. The molecule has 30 heavy (non-hydrogen) atoms. The van der Waals surface area contributed by atoms with Gasteiger partial charge in [0.05, 0.1) is 16.7 Å². The summed E-state index contributed by atoms with van der Waals surface area (Å²) < 4.78 is 11.6. The van der Waals surface area contributed by atoms with Gasteiger partial charge in [-0.2, -0.15) is 5.26 Å². The van der Waals surface area contributed by atoms with Gasteiger partial charge in [0.15, 0.2) is 11.5 Å². The number of rotatable bonds is 9. The number of carbonyl (C=O) groups is 1. The second-order valence-electron chi connectivity index (χ2n) is 6.63. The topological polar surface area (TPSA) is 71.3 Å². The van der Waals surface area contributed by atoms with Crippen LogP contribution in [0.25, 0.3) is 6.08 Å². The lowest BCUT2D eigenvalue weighted by atomic mass is 10.1. The summed E-state index contributed by atoms with van der Waals surface area (Å²) in [6.45, 7) is 6.44. The van der Waals surface area contributed by atoms with Gasteiger partial charge >= 0.3 is 0 Å². The van der Waals surface area contributed by atoms with Gasteiger partial charge in [-0.05, 0) is 61.7 Å². The van der Waals surface area contributed by atoms with Crippen LogP contribution in [0.15, 0.2) is 42.0 Å². The molecule has 0 fully saturated rings. The van der Waals surface area contributed by atoms with Crippen molar-refractivity contribution in [2.75, 3.05) is 6.61 Å². The predicted octanol–water partition coefficient (Wildman–Crippen LogP) is 5.79. The van der Waals surface area contributed by atoms with Crippen molar-refractivity contribution in [3.8, 4) is 17.6 Å². The van der Waals surface area contributed by atoms with E-state index in [-0.39, 0.29) is 18.2 Å². The SMILES string of the molecule is CCOc1cc(/C=C(\C#N)C(=O)N[C@@H](C)CC)ccc1OCc1ccc(Cl)c(Cl)c1. The van der Waals surface area contributed by atoms with Crippen LogP contribution in [0.3, 0.4) is 0 Å². The van der Waals surface area contributed by atoms with Crippen molar-refractivity contribution in [1.29, 1.82) is 5.26 Å². The first-order valence-corrected chi connectivity index (χ1v) is 10.4. The van der Waals surface area contributed by atoms with Gasteiger partial charge in [0.1, 0.15) is 18.2 Å². The summed E-state index contributed by atoms with van der Waals surface area (Å²) >= 11 is 12.0. The molecule has 0 heterocycles. The van der Waals surface area contributed by atoms with Gasteiger partial charge < -0.3 is 14.8 Å². The molecule has 0 aliphatic rings. The molecule has 2 aromatic carbocycles. The van der Waals surface area contributed by atoms with E-state index < -0.39 is 5.91 Å². The van der Waals surface area contributed by atoms with Crippen molar-refractivity contribution in [2.45, 2.75) is 39.8 Å². The predicted molar refractivity (Wildman–Crippen MR) is 120 cm³/mol. The highest BCUT2D eigenvalue weighted by Gasteiger charge is 2.13. The Morgan fingerprint density at radius 1 is 1.13 bits per heavy atom. The van der Waals surface area contributed by atoms with Crippen molar-refractivity contribution in [1.82, 2.24) is 5.32 Å². The van der Waals surface area contributed by atoms with Crippen LogP contribution in [0.1, 0.15) is 38.3 Å². The molecule has 2 aromatic rings. The summed E-state index contributed by atoms with van der Waals surface area (Å²) in [5, 5.41) is 13.1. The molecule has 0 aliphatic carbocycles. The average Bonchev–Trinajstić information content (AvgIpc) is 2.73. The smallest absolute Gasteiger partial charge is 0.262 e. The fraction of sp³-hybridized carbons (Fsp3) is 0.304. The number of halogens is 2. The van der Waals surface area contributed by atoms with Crippen LogP contribution in [0, 0.1) is 11.3 Å². The highest BCUT2D eigenvalue weighted by molar-refractivity contribution is 6.42. The maximum atomic E-state index is 12.3. The molecule has 0 aliphatic heterocycles. The minimum Gasteiger partial charge on any atom is -0.490 e. The second-order valence-corrected chi connectivity index (χ2v) is 7.44. The quantitative estimate of drug-likeness (QED) is 0.390. The largest absolute Gasteiger partial charge is 0.490 e. The molecular weight excluding hydrogens is 423 g/mol. The Kier molecular flexibility index (Phi) is 9.04. The lowest BCUT2D eigenvalue weighted by Crippen LogP contribution is -2.32. The van der Waals surface area contributed by atoms with E-state index in [9.17, 15) is 10.1 Å². The first kappa shape index (κ1) is 23.6. The maximum absolute atomic E-state index is 12.3. The molecule has 0 bridgehead atoms. The lowest BCUT2D eigenvalue weighted by molar-refractivity contribution is -0.117. The molecular formula is C23H24Cl2N2O3. The third-order valence-corrected chi connectivity index (χ3v) is 5.05. The monoisotopic (exact) mass is 446 g/mol. The first-order chi connectivity index (χ1) is 14.4. The normalized spacial score (nSPS) is 12.1. The molecule has 0 unspecified atom stereocenters. The first-order valence-electron chi connectivity index (χ1n) is 9.64. The fourth-order valence-corrected chi connectivity index (χ4v) is 2.83. The van der Waals surface area contributed by atoms with Crippen LogP contribution in [-0.2, 0) is 11.4 Å². The van der Waals surface area contributed by atoms with Crippen molar-refractivity contribution in [2.24, 2.45) is 0 Å². The van der Waals surface area contributed by atoms with Gasteiger partial charge in [0.25, 0.3) is 5.91 Å². The van der Waals surface area contributed by atoms with Gasteiger partial charge in [0, 0.05) is 6.04 Å². The summed E-state index contributed by atoms with van der Waals surface area (Å²) in [7, 11) is 0. The molecule has 1 atom stereocenters. The van der Waals surface area contributed by atoms with E-state index in [2.05, 4.69) is 5.32 Å². The lowest BCUT2D eigenvalue weighted by Gasteiger charge is -2.13. The zero-order valence-electron chi connectivity index (χ0n) is 17.2. The van der Waals surface area contributed by atoms with Crippen LogP contribution >= 0.6 is 23.2 Å². The van der Waals surface area contributed by atoms with Crippen LogP contribution < -0.4 is 14.8 Å². The highest BCUT2D eigenvalue weighted by Crippen LogP contribution is 2.31. The molecule has 2 rings (SSSR count). The summed E-state index contributed by atoms with van der Waals surface area (Å²) in [5.41, 5.74) is 1.56. The Morgan fingerprint density at radius 3 is 2.53 bits per heavy atom. The van der Waals surface area contributed by atoms with E-state index in [0.717, 1.165) is 12.0 Å². The summed E-state index contributed by atoms with van der Waals surface area (Å²) in [6, 6.07) is 12.5. The molecule has 5 nitrogen and oxygen atoms in total. The van der Waals surface area contributed by atoms with Gasteiger partial charge in [-0.3, -0.25) is 4.79 Å². The number of carbonyl (C=O) groups excluding carboxylic acids is 1. The second kappa shape index (κ2) is 11.5. The maximum Gasteiger partial charge on any atom is 0.262 e. The Labute approximate surface area is 187 Å². The van der Waals surface area contributed by atoms with Gasteiger partial charge in [0.2, 0.25) is 0 Å². The zero-order valence-corrected chi connectivity index (χ0v) is 18.7. The van der Waals surface area contributed by atoms with E-state index in [1.54, 1.807) is 30.3 Å². The van der Waals surface area contributed by atoms with Crippen molar-refractivity contribution < 1.29 is 14.3 Å². The Hall–Kier alpha value is -2.68. The van der Waals surface area contributed by atoms with Gasteiger partial charge in [-0.25, -0.2) is 0 Å². The number of amides is 1. The molecule has 7 heteroatoms. The van der Waals surface area contributed by atoms with Crippen molar-refractivity contribution in [3.63, 3.8) is 0 Å². The van der Waals surface area contributed by atoms with Crippen LogP contribution in [0.2, 0.25) is 10.0 Å². The number of benzene rings is 2. The molecule has 0 radical (unpaired) electrons. The minimum absolute atomic E-state index is 0.00890. The van der Waals surface area contributed by atoms with E-state index in [4.69, 9.17) is 32.7 Å². The van der Waals surface area contributed by atoms with E-state index >= 15 is 0 Å². The third-order valence-electron chi connectivity index (χ3n) is 4.31. The Balaban J connectivity index is 2.21. The molecule has 1 N–H and O–H groups in total. The highest BCUT2D eigenvalue weighted by atomic mass is 35.5. The summed E-state index contributed by atoms with van der Waals surface area (Å²) in [6.07, 6.45) is 2.31. The molecule has 0 saturated carbocycles. The van der Waals surface area contributed by atoms with Crippen molar-refractivity contribution in [3.05, 3.63) is 63.1 Å². The molecule has 0 saturated heterocycles. The zero-order chi connectivity index (χ0) is 22.1. The number of hydrogen-bond acceptors (Lipinski definition) is 4. The van der Waals surface area contributed by atoms with Gasteiger partial charge in [-0.1, -0.05) is 42.3 Å². The third kappa shape index (κ3) is 6.69.